The Morgan fingerprint density at radius 2 is 1.86 bits per heavy atom. The van der Waals surface area contributed by atoms with Gasteiger partial charge in [0.2, 0.25) is 0 Å². The number of ether oxygens (including phenoxy) is 1. The van der Waals surface area contributed by atoms with Crippen molar-refractivity contribution in [3.8, 4) is 0 Å². The summed E-state index contributed by atoms with van der Waals surface area (Å²) >= 11 is 12.2. The zero-order valence-electron chi connectivity index (χ0n) is 16.5. The smallest absolute Gasteiger partial charge is 0.328 e. The van der Waals surface area contributed by atoms with Crippen LogP contribution in [0.2, 0.25) is 10.0 Å². The maximum Gasteiger partial charge on any atom is 0.328 e. The molecule has 152 valence electrons. The molecular weight excluding hydrogens is 409 g/mol. The minimum absolute atomic E-state index is 0.214. The minimum Gasteiger partial charge on any atom is -0.467 e. The van der Waals surface area contributed by atoms with Crippen LogP contribution in [-0.4, -0.2) is 23.4 Å². The lowest BCUT2D eigenvalue weighted by Crippen LogP contribution is -2.21. The van der Waals surface area contributed by atoms with Gasteiger partial charge in [-0.15, -0.1) is 0 Å². The molecule has 2 aromatic carbocycles. The molecule has 0 amide bonds. The third-order valence-electron chi connectivity index (χ3n) is 5.05. The number of nitrogens with zero attached hydrogens (tertiary/aromatic N) is 1. The molecule has 0 saturated carbocycles. The number of hydrogen-bond donors (Lipinski definition) is 0. The summed E-state index contributed by atoms with van der Waals surface area (Å²) in [6.07, 6.45) is 5.47. The maximum absolute atomic E-state index is 13.3. The van der Waals surface area contributed by atoms with Crippen LogP contribution in [0.5, 0.6) is 0 Å². The summed E-state index contributed by atoms with van der Waals surface area (Å²) in [5.41, 5.74) is 1.56. The summed E-state index contributed by atoms with van der Waals surface area (Å²) < 4.78 is 6.91. The Kier molecular flexibility index (Phi) is 6.99. The number of halogens is 2. The number of methoxy groups -OCH3 is 1. The zero-order chi connectivity index (χ0) is 21.0. The maximum atomic E-state index is 13.3. The fourth-order valence-electron chi connectivity index (χ4n) is 3.58. The number of carbonyl (C=O) groups is 2. The lowest BCUT2D eigenvalue weighted by Gasteiger charge is -2.19. The van der Waals surface area contributed by atoms with Gasteiger partial charge in [0.05, 0.1) is 17.6 Å². The molecule has 4 nitrogen and oxygen atoms in total. The van der Waals surface area contributed by atoms with Crippen molar-refractivity contribution in [3.63, 3.8) is 0 Å². The number of benzene rings is 2. The highest BCUT2D eigenvalue weighted by Crippen LogP contribution is 2.31. The van der Waals surface area contributed by atoms with Crippen molar-refractivity contribution >= 4 is 45.9 Å². The van der Waals surface area contributed by atoms with Gasteiger partial charge >= 0.3 is 5.97 Å². The number of fused-ring (bicyclic) bond motifs is 1. The van der Waals surface area contributed by atoms with Crippen molar-refractivity contribution in [3.05, 3.63) is 69.8 Å². The van der Waals surface area contributed by atoms with Crippen molar-refractivity contribution in [2.45, 2.75) is 38.6 Å². The number of rotatable bonds is 8. The number of aromatic nitrogens is 1. The first-order valence-corrected chi connectivity index (χ1v) is 10.4. The molecule has 1 heterocycles. The van der Waals surface area contributed by atoms with Gasteiger partial charge < -0.3 is 9.30 Å². The SMILES string of the molecule is CCCCCC(C(=O)OC)n1ccc2cccc(C(=O)c3ccc(Cl)cc3Cl)c21. The van der Waals surface area contributed by atoms with Crippen molar-refractivity contribution in [2.24, 2.45) is 0 Å². The first kappa shape index (κ1) is 21.4. The minimum atomic E-state index is -0.487. The largest absolute Gasteiger partial charge is 0.467 e. The monoisotopic (exact) mass is 431 g/mol. The van der Waals surface area contributed by atoms with Gasteiger partial charge in [-0.1, -0.05) is 61.5 Å². The third kappa shape index (κ3) is 4.49. The van der Waals surface area contributed by atoms with E-state index in [1.165, 1.54) is 7.11 Å². The molecule has 0 fully saturated rings. The van der Waals surface area contributed by atoms with Crippen LogP contribution in [0.4, 0.5) is 0 Å². The number of esters is 1. The molecule has 0 saturated heterocycles. The topological polar surface area (TPSA) is 48.3 Å². The fraction of sp³-hybridized carbons (Fsp3) is 0.304. The van der Waals surface area contributed by atoms with Crippen LogP contribution in [0.3, 0.4) is 0 Å². The molecule has 3 aromatic rings. The number of unbranched alkanes of at least 4 members (excludes halogenated alkanes) is 2. The average Bonchev–Trinajstić information content (AvgIpc) is 3.14. The summed E-state index contributed by atoms with van der Waals surface area (Å²) in [5, 5.41) is 1.64. The molecular formula is C23H23Cl2NO3. The second kappa shape index (κ2) is 9.47. The van der Waals surface area contributed by atoms with Crippen molar-refractivity contribution in [2.75, 3.05) is 7.11 Å². The number of para-hydroxylation sites is 1. The second-order valence-electron chi connectivity index (χ2n) is 6.95. The summed E-state index contributed by atoms with van der Waals surface area (Å²) in [4.78, 5) is 25.8. The molecule has 3 rings (SSSR count). The molecule has 0 radical (unpaired) electrons. The van der Waals surface area contributed by atoms with Crippen molar-refractivity contribution in [1.82, 2.24) is 4.57 Å². The molecule has 1 atom stereocenters. The van der Waals surface area contributed by atoms with Crippen LogP contribution < -0.4 is 0 Å². The van der Waals surface area contributed by atoms with Gasteiger partial charge in [-0.05, 0) is 36.8 Å². The second-order valence-corrected chi connectivity index (χ2v) is 7.80. The van der Waals surface area contributed by atoms with Crippen LogP contribution in [-0.2, 0) is 9.53 Å². The zero-order valence-corrected chi connectivity index (χ0v) is 18.0. The van der Waals surface area contributed by atoms with Gasteiger partial charge in [-0.2, -0.15) is 0 Å². The molecule has 0 aliphatic rings. The summed E-state index contributed by atoms with van der Waals surface area (Å²) in [6, 6.07) is 11.7. The Morgan fingerprint density at radius 1 is 1.07 bits per heavy atom. The lowest BCUT2D eigenvalue weighted by molar-refractivity contribution is -0.144. The number of hydrogen-bond acceptors (Lipinski definition) is 3. The molecule has 0 bridgehead atoms. The van der Waals surface area contributed by atoms with E-state index in [1.807, 2.05) is 29.0 Å². The lowest BCUT2D eigenvalue weighted by atomic mass is 10.0. The number of ketones is 1. The summed E-state index contributed by atoms with van der Waals surface area (Å²) in [7, 11) is 1.39. The Hall–Kier alpha value is -2.30. The Bertz CT molecular complexity index is 1040. The Balaban J connectivity index is 2.11. The first-order valence-electron chi connectivity index (χ1n) is 9.65. The van der Waals surface area contributed by atoms with Crippen LogP contribution in [0, 0.1) is 0 Å². The number of carbonyl (C=O) groups excluding carboxylic acids is 2. The van der Waals surface area contributed by atoms with E-state index in [2.05, 4.69) is 6.92 Å². The van der Waals surface area contributed by atoms with Gasteiger partial charge in [-0.25, -0.2) is 4.79 Å². The predicted octanol–water partition coefficient (Wildman–Crippen LogP) is 6.47. The van der Waals surface area contributed by atoms with E-state index in [0.717, 1.165) is 24.6 Å². The predicted molar refractivity (Wildman–Crippen MR) is 117 cm³/mol. The molecule has 0 aliphatic carbocycles. The van der Waals surface area contributed by atoms with Gasteiger partial charge in [0.25, 0.3) is 0 Å². The Labute approximate surface area is 180 Å². The normalized spacial score (nSPS) is 12.1. The van der Waals surface area contributed by atoms with E-state index in [-0.39, 0.29) is 11.8 Å². The summed E-state index contributed by atoms with van der Waals surface area (Å²) in [5.74, 6) is -0.528. The van der Waals surface area contributed by atoms with Crippen LogP contribution in [0.25, 0.3) is 10.9 Å². The molecule has 1 unspecified atom stereocenters. The van der Waals surface area contributed by atoms with E-state index < -0.39 is 6.04 Å². The van der Waals surface area contributed by atoms with E-state index >= 15 is 0 Å². The highest BCUT2D eigenvalue weighted by Gasteiger charge is 2.25. The quantitative estimate of drug-likeness (QED) is 0.233. The van der Waals surface area contributed by atoms with Gasteiger partial charge in [-0.3, -0.25) is 4.79 Å². The van der Waals surface area contributed by atoms with Gasteiger partial charge in [0.1, 0.15) is 6.04 Å². The third-order valence-corrected chi connectivity index (χ3v) is 5.60. The molecule has 0 spiro atoms. The van der Waals surface area contributed by atoms with Crippen LogP contribution >= 0.6 is 23.2 Å². The van der Waals surface area contributed by atoms with Crippen LogP contribution in [0.1, 0.15) is 54.6 Å². The van der Waals surface area contributed by atoms with Crippen LogP contribution in [0.15, 0.2) is 48.7 Å². The first-order chi connectivity index (χ1) is 14.0. The molecule has 0 N–H and O–H groups in total. The van der Waals surface area contributed by atoms with E-state index in [1.54, 1.807) is 24.3 Å². The van der Waals surface area contributed by atoms with Gasteiger partial charge in [0.15, 0.2) is 5.78 Å². The highest BCUT2D eigenvalue weighted by atomic mass is 35.5. The molecule has 29 heavy (non-hydrogen) atoms. The molecule has 0 aliphatic heterocycles. The van der Waals surface area contributed by atoms with Crippen molar-refractivity contribution < 1.29 is 14.3 Å². The molecule has 6 heteroatoms. The highest BCUT2D eigenvalue weighted by molar-refractivity contribution is 6.38. The standard InChI is InChI=1S/C23H23Cl2NO3/c1-3-4-5-9-20(23(28)29-2)26-13-12-15-7-6-8-18(21(15)26)22(27)17-11-10-16(24)14-19(17)25/h6-8,10-14,20H,3-5,9H2,1-2H3. The average molecular weight is 432 g/mol. The van der Waals surface area contributed by atoms with Crippen molar-refractivity contribution in [1.29, 1.82) is 0 Å². The molecule has 1 aromatic heterocycles. The van der Waals surface area contributed by atoms with E-state index in [4.69, 9.17) is 27.9 Å². The summed E-state index contributed by atoms with van der Waals surface area (Å²) in [6.45, 7) is 2.12. The Morgan fingerprint density at radius 3 is 2.55 bits per heavy atom. The van der Waals surface area contributed by atoms with E-state index in [0.29, 0.717) is 33.1 Å². The van der Waals surface area contributed by atoms with E-state index in [9.17, 15) is 9.59 Å². The fourth-order valence-corrected chi connectivity index (χ4v) is 4.07. The van der Waals surface area contributed by atoms with Gasteiger partial charge in [0, 0.05) is 27.7 Å².